The van der Waals surface area contributed by atoms with Gasteiger partial charge in [0, 0.05) is 11.8 Å². The van der Waals surface area contributed by atoms with Crippen molar-refractivity contribution in [1.29, 1.82) is 0 Å². The molecule has 2 aromatic carbocycles. The molecule has 0 bridgehead atoms. The number of hydrogen-bond acceptors (Lipinski definition) is 1. The van der Waals surface area contributed by atoms with Crippen LogP contribution in [0.3, 0.4) is 0 Å². The van der Waals surface area contributed by atoms with Crippen LogP contribution in [0, 0.1) is 0 Å². The fraction of sp³-hybridized carbons (Fsp3) is 0.0833. The maximum absolute atomic E-state index is 4.71. The van der Waals surface area contributed by atoms with E-state index < -0.39 is 0 Å². The average molecular weight is 185 g/mol. The Kier molecular flexibility index (Phi) is 2.37. The second kappa shape index (κ2) is 3.67. The molecule has 1 radical (unpaired) electrons. The summed E-state index contributed by atoms with van der Waals surface area (Å²) in [6, 6.07) is 14.7. The first kappa shape index (κ1) is 8.39. The molecule has 0 atom stereocenters. The fourth-order valence-corrected chi connectivity index (χ4v) is 1.60. The average Bonchev–Trinajstić information content (AvgIpc) is 2.18. The van der Waals surface area contributed by atoms with Gasteiger partial charge in [-0.05, 0) is 16.3 Å². The topological polar surface area (TPSA) is 0 Å². The summed E-state index contributed by atoms with van der Waals surface area (Å²) in [5.41, 5.74) is 1.23. The third-order valence-corrected chi connectivity index (χ3v) is 2.23. The molecule has 0 aliphatic carbocycles. The van der Waals surface area contributed by atoms with E-state index in [1.54, 1.807) is 0 Å². The van der Waals surface area contributed by atoms with Crippen LogP contribution in [0.25, 0.3) is 10.8 Å². The summed E-state index contributed by atoms with van der Waals surface area (Å²) >= 11 is 4.71. The third kappa shape index (κ3) is 1.76. The summed E-state index contributed by atoms with van der Waals surface area (Å²) in [5.74, 6) is 0. The molecule has 0 saturated carbocycles. The highest BCUT2D eigenvalue weighted by molar-refractivity contribution is 7.78. The van der Waals surface area contributed by atoms with Gasteiger partial charge in [-0.2, -0.15) is 0 Å². The molecule has 1 heteroatoms. The third-order valence-electron chi connectivity index (χ3n) is 2.09. The van der Waals surface area contributed by atoms with Gasteiger partial charge in [-0.1, -0.05) is 54.7 Å². The van der Waals surface area contributed by atoms with Crippen LogP contribution < -0.4 is 0 Å². The molecule has 13 heavy (non-hydrogen) atoms. The Balaban J connectivity index is 2.55. The standard InChI is InChI=1S/C12H9S/c13-8-7-10-5-6-11-3-1-2-4-12(11)9-10/h1-6,9H,7H2. The Bertz CT molecular complexity index is 432. The lowest BCUT2D eigenvalue weighted by molar-refractivity contribution is 1.40. The zero-order valence-corrected chi connectivity index (χ0v) is 7.97. The van der Waals surface area contributed by atoms with Gasteiger partial charge >= 0.3 is 0 Å². The van der Waals surface area contributed by atoms with E-state index in [-0.39, 0.29) is 0 Å². The number of rotatable bonds is 2. The van der Waals surface area contributed by atoms with E-state index in [1.807, 2.05) is 12.1 Å². The van der Waals surface area contributed by atoms with Crippen molar-refractivity contribution in [2.75, 3.05) is 0 Å². The highest BCUT2D eigenvalue weighted by atomic mass is 32.1. The molecule has 0 spiro atoms. The second-order valence-electron chi connectivity index (χ2n) is 3.00. The molecule has 0 unspecified atom stereocenters. The Hall–Kier alpha value is -1.21. The van der Waals surface area contributed by atoms with Crippen LogP contribution in [0.4, 0.5) is 0 Å². The van der Waals surface area contributed by atoms with Crippen molar-refractivity contribution in [2.24, 2.45) is 0 Å². The maximum Gasteiger partial charge on any atom is 0.0338 e. The van der Waals surface area contributed by atoms with E-state index in [1.165, 1.54) is 16.3 Å². The van der Waals surface area contributed by atoms with E-state index in [9.17, 15) is 0 Å². The molecule has 0 nitrogen and oxygen atoms in total. The minimum atomic E-state index is 0.750. The van der Waals surface area contributed by atoms with Gasteiger partial charge in [-0.15, -0.1) is 0 Å². The van der Waals surface area contributed by atoms with Gasteiger partial charge in [-0.25, -0.2) is 0 Å². The first-order valence-electron chi connectivity index (χ1n) is 4.23. The van der Waals surface area contributed by atoms with Crippen LogP contribution >= 0.6 is 12.2 Å². The van der Waals surface area contributed by atoms with E-state index in [0.29, 0.717) is 0 Å². The summed E-state index contributed by atoms with van der Waals surface area (Å²) in [6.07, 6.45) is 0.750. The molecule has 2 rings (SSSR count). The lowest BCUT2D eigenvalue weighted by Crippen LogP contribution is -1.83. The maximum atomic E-state index is 4.71. The first-order valence-corrected chi connectivity index (χ1v) is 4.63. The van der Waals surface area contributed by atoms with Crippen molar-refractivity contribution < 1.29 is 0 Å². The monoisotopic (exact) mass is 185 g/mol. The Labute approximate surface area is 83.2 Å². The zero-order chi connectivity index (χ0) is 9.10. The normalized spacial score (nSPS) is 10.2. The summed E-state index contributed by atoms with van der Waals surface area (Å²) < 4.78 is 0. The minimum absolute atomic E-state index is 0.750. The minimum Gasteiger partial charge on any atom is -0.0833 e. The Morgan fingerprint density at radius 1 is 1.00 bits per heavy atom. The first-order chi connectivity index (χ1) is 6.40. The van der Waals surface area contributed by atoms with E-state index in [4.69, 9.17) is 12.2 Å². The molecule has 63 valence electrons. The SMILES string of the molecule is S=[C]Cc1ccc2ccccc2c1. The van der Waals surface area contributed by atoms with Crippen molar-refractivity contribution in [1.82, 2.24) is 0 Å². The molecule has 0 N–H and O–H groups in total. The molecule has 0 aliphatic heterocycles. The highest BCUT2D eigenvalue weighted by Gasteiger charge is 1.93. The summed E-state index contributed by atoms with van der Waals surface area (Å²) in [4.78, 5) is 0. The number of fused-ring (bicyclic) bond motifs is 1. The van der Waals surface area contributed by atoms with Crippen molar-refractivity contribution in [2.45, 2.75) is 6.42 Å². The fourth-order valence-electron chi connectivity index (χ4n) is 1.43. The van der Waals surface area contributed by atoms with Gasteiger partial charge in [0.2, 0.25) is 0 Å². The Morgan fingerprint density at radius 3 is 2.54 bits per heavy atom. The smallest absolute Gasteiger partial charge is 0.0338 e. The van der Waals surface area contributed by atoms with Crippen molar-refractivity contribution in [3.63, 3.8) is 0 Å². The molecule has 0 aliphatic rings. The molecule has 0 fully saturated rings. The summed E-state index contributed by atoms with van der Waals surface area (Å²) in [7, 11) is 0. The lowest BCUT2D eigenvalue weighted by Gasteiger charge is -1.99. The summed E-state index contributed by atoms with van der Waals surface area (Å²) in [6.45, 7) is 0. The van der Waals surface area contributed by atoms with Crippen LogP contribution in [-0.2, 0) is 6.42 Å². The van der Waals surface area contributed by atoms with Crippen LogP contribution in [-0.4, -0.2) is 5.37 Å². The van der Waals surface area contributed by atoms with Gasteiger partial charge < -0.3 is 0 Å². The predicted octanol–water partition coefficient (Wildman–Crippen LogP) is 3.26. The van der Waals surface area contributed by atoms with E-state index in [2.05, 4.69) is 35.7 Å². The van der Waals surface area contributed by atoms with Gasteiger partial charge in [0.25, 0.3) is 0 Å². The van der Waals surface area contributed by atoms with Gasteiger partial charge in [0.05, 0.1) is 0 Å². The number of thiocarbonyl (C=S) groups is 1. The second-order valence-corrected chi connectivity index (χ2v) is 3.29. The van der Waals surface area contributed by atoms with Gasteiger partial charge in [-0.3, -0.25) is 0 Å². The quantitative estimate of drug-likeness (QED) is 0.647. The zero-order valence-electron chi connectivity index (χ0n) is 7.16. The van der Waals surface area contributed by atoms with Crippen molar-refractivity contribution in [3.05, 3.63) is 48.0 Å². The highest BCUT2D eigenvalue weighted by Crippen LogP contribution is 2.15. The van der Waals surface area contributed by atoms with Gasteiger partial charge in [0.15, 0.2) is 0 Å². The molecule has 0 amide bonds. The molecule has 2 aromatic rings. The largest absolute Gasteiger partial charge is 0.0833 e. The lowest BCUT2D eigenvalue weighted by atomic mass is 10.1. The van der Waals surface area contributed by atoms with Crippen LogP contribution in [0.2, 0.25) is 0 Å². The van der Waals surface area contributed by atoms with Crippen molar-refractivity contribution >= 4 is 28.4 Å². The van der Waals surface area contributed by atoms with Crippen molar-refractivity contribution in [3.8, 4) is 0 Å². The van der Waals surface area contributed by atoms with Crippen LogP contribution in [0.1, 0.15) is 5.56 Å². The van der Waals surface area contributed by atoms with Gasteiger partial charge in [0.1, 0.15) is 0 Å². The molecule has 0 heterocycles. The number of hydrogen-bond donors (Lipinski definition) is 0. The summed E-state index contributed by atoms with van der Waals surface area (Å²) in [5, 5.41) is 5.27. The molecule has 0 saturated heterocycles. The van der Waals surface area contributed by atoms with E-state index in [0.717, 1.165) is 6.42 Å². The molecular weight excluding hydrogens is 176 g/mol. The number of benzene rings is 2. The molecule has 0 aromatic heterocycles. The van der Waals surface area contributed by atoms with Crippen LogP contribution in [0.5, 0.6) is 0 Å². The van der Waals surface area contributed by atoms with Crippen LogP contribution in [0.15, 0.2) is 42.5 Å². The Morgan fingerprint density at radius 2 is 1.77 bits per heavy atom. The predicted molar refractivity (Wildman–Crippen MR) is 60.3 cm³/mol. The van der Waals surface area contributed by atoms with E-state index >= 15 is 0 Å². The molecular formula is C12H9S.